The van der Waals surface area contributed by atoms with Crippen LogP contribution in [0.4, 0.5) is 10.6 Å². The highest BCUT2D eigenvalue weighted by Gasteiger charge is 2.23. The number of carbonyl (C=O) groups is 1. The molecule has 0 unspecified atom stereocenters. The highest BCUT2D eigenvalue weighted by Crippen LogP contribution is 2.23. The van der Waals surface area contributed by atoms with E-state index in [1.807, 2.05) is 7.05 Å². The summed E-state index contributed by atoms with van der Waals surface area (Å²) < 4.78 is 6.46. The third-order valence-electron chi connectivity index (χ3n) is 3.52. The zero-order valence-corrected chi connectivity index (χ0v) is 11.5. The number of aryl methyl sites for hydroxylation is 1. The summed E-state index contributed by atoms with van der Waals surface area (Å²) in [5.41, 5.74) is 0.811. The minimum atomic E-state index is -0.279. The third-order valence-corrected chi connectivity index (χ3v) is 3.52. The second kappa shape index (κ2) is 4.95. The number of anilines is 1. The molecule has 1 fully saturated rings. The van der Waals surface area contributed by atoms with Crippen molar-refractivity contribution in [2.75, 3.05) is 38.2 Å². The molecule has 2 aromatic heterocycles. The average molecular weight is 276 g/mol. The van der Waals surface area contributed by atoms with Crippen LogP contribution in [-0.2, 0) is 11.8 Å². The SMILES string of the molecule is COC(=O)N1CCN(c2ncnc3c2cnn3C)CC1. The standard InChI is InChI=1S/C12H16N6O2/c1-16-10-9(7-15-16)11(14-8-13-10)17-3-5-18(6-4-17)12(19)20-2/h7-8H,3-6H2,1-2H3. The summed E-state index contributed by atoms with van der Waals surface area (Å²) in [7, 11) is 3.26. The predicted octanol–water partition coefficient (Wildman–Crippen LogP) is 0.252. The average Bonchev–Trinajstić information content (AvgIpc) is 2.88. The molecule has 0 aliphatic carbocycles. The van der Waals surface area contributed by atoms with Crippen LogP contribution in [0.5, 0.6) is 0 Å². The van der Waals surface area contributed by atoms with Gasteiger partial charge in [-0.15, -0.1) is 0 Å². The number of fused-ring (bicyclic) bond motifs is 1. The molecule has 0 saturated carbocycles. The molecule has 106 valence electrons. The van der Waals surface area contributed by atoms with Gasteiger partial charge in [-0.3, -0.25) is 4.68 Å². The summed E-state index contributed by atoms with van der Waals surface area (Å²) >= 11 is 0. The first-order valence-electron chi connectivity index (χ1n) is 6.41. The van der Waals surface area contributed by atoms with E-state index in [1.54, 1.807) is 22.1 Å². The first-order chi connectivity index (χ1) is 9.70. The molecule has 0 atom stereocenters. The maximum absolute atomic E-state index is 11.5. The molecule has 1 aliphatic rings. The van der Waals surface area contributed by atoms with E-state index in [1.165, 1.54) is 7.11 Å². The van der Waals surface area contributed by atoms with E-state index in [0.29, 0.717) is 13.1 Å². The van der Waals surface area contributed by atoms with Gasteiger partial charge in [-0.2, -0.15) is 5.10 Å². The van der Waals surface area contributed by atoms with E-state index >= 15 is 0 Å². The van der Waals surface area contributed by atoms with E-state index < -0.39 is 0 Å². The number of piperazine rings is 1. The van der Waals surface area contributed by atoms with Crippen molar-refractivity contribution >= 4 is 22.9 Å². The monoisotopic (exact) mass is 276 g/mol. The molecule has 3 rings (SSSR count). The molecule has 1 saturated heterocycles. The van der Waals surface area contributed by atoms with Gasteiger partial charge in [-0.05, 0) is 0 Å². The van der Waals surface area contributed by atoms with E-state index in [4.69, 9.17) is 4.74 Å². The maximum Gasteiger partial charge on any atom is 0.409 e. The van der Waals surface area contributed by atoms with Gasteiger partial charge in [0.2, 0.25) is 0 Å². The third kappa shape index (κ3) is 2.02. The second-order valence-corrected chi connectivity index (χ2v) is 4.65. The molecular weight excluding hydrogens is 260 g/mol. The van der Waals surface area contributed by atoms with Gasteiger partial charge in [-0.25, -0.2) is 14.8 Å². The molecule has 0 radical (unpaired) electrons. The van der Waals surface area contributed by atoms with Crippen LogP contribution in [0.3, 0.4) is 0 Å². The highest BCUT2D eigenvalue weighted by atomic mass is 16.5. The van der Waals surface area contributed by atoms with Crippen molar-refractivity contribution in [3.8, 4) is 0 Å². The zero-order chi connectivity index (χ0) is 14.1. The number of amides is 1. The predicted molar refractivity (Wildman–Crippen MR) is 72.5 cm³/mol. The first-order valence-corrected chi connectivity index (χ1v) is 6.41. The fourth-order valence-electron chi connectivity index (χ4n) is 2.43. The van der Waals surface area contributed by atoms with Gasteiger partial charge < -0.3 is 14.5 Å². The molecule has 8 heteroatoms. The molecule has 3 heterocycles. The Balaban J connectivity index is 1.82. The van der Waals surface area contributed by atoms with Crippen LogP contribution in [0.25, 0.3) is 11.0 Å². The quantitative estimate of drug-likeness (QED) is 0.743. The minimum Gasteiger partial charge on any atom is -0.453 e. The van der Waals surface area contributed by atoms with E-state index in [-0.39, 0.29) is 6.09 Å². The lowest BCUT2D eigenvalue weighted by atomic mass is 10.3. The summed E-state index contributed by atoms with van der Waals surface area (Å²) in [4.78, 5) is 23.9. The van der Waals surface area contributed by atoms with Crippen molar-refractivity contribution in [1.82, 2.24) is 24.6 Å². The Morgan fingerprint density at radius 2 is 2.00 bits per heavy atom. The molecule has 1 amide bonds. The van der Waals surface area contributed by atoms with Gasteiger partial charge >= 0.3 is 6.09 Å². The van der Waals surface area contributed by atoms with Crippen LogP contribution in [0.15, 0.2) is 12.5 Å². The van der Waals surface area contributed by atoms with Crippen LogP contribution in [-0.4, -0.2) is 64.0 Å². The van der Waals surface area contributed by atoms with Crippen LogP contribution in [0, 0.1) is 0 Å². The Kier molecular flexibility index (Phi) is 3.13. The minimum absolute atomic E-state index is 0.279. The number of rotatable bonds is 1. The fourth-order valence-corrected chi connectivity index (χ4v) is 2.43. The molecule has 0 N–H and O–H groups in total. The van der Waals surface area contributed by atoms with Gasteiger partial charge in [0, 0.05) is 33.2 Å². The van der Waals surface area contributed by atoms with Crippen LogP contribution in [0.1, 0.15) is 0 Å². The number of ether oxygens (including phenoxy) is 1. The summed E-state index contributed by atoms with van der Waals surface area (Å²) in [5, 5.41) is 5.14. The lowest BCUT2D eigenvalue weighted by molar-refractivity contribution is 0.121. The molecule has 20 heavy (non-hydrogen) atoms. The smallest absolute Gasteiger partial charge is 0.409 e. The van der Waals surface area contributed by atoms with Crippen molar-refractivity contribution in [2.24, 2.45) is 7.05 Å². The van der Waals surface area contributed by atoms with Gasteiger partial charge in [-0.1, -0.05) is 0 Å². The van der Waals surface area contributed by atoms with Crippen molar-refractivity contribution in [3.63, 3.8) is 0 Å². The fraction of sp³-hybridized carbons (Fsp3) is 0.500. The second-order valence-electron chi connectivity index (χ2n) is 4.65. The van der Waals surface area contributed by atoms with E-state index in [0.717, 1.165) is 29.9 Å². The van der Waals surface area contributed by atoms with E-state index in [2.05, 4.69) is 20.0 Å². The number of methoxy groups -OCH3 is 1. The molecule has 2 aromatic rings. The lowest BCUT2D eigenvalue weighted by Gasteiger charge is -2.34. The molecule has 0 spiro atoms. The van der Waals surface area contributed by atoms with Gasteiger partial charge in [0.25, 0.3) is 0 Å². The Bertz CT molecular complexity index is 632. The van der Waals surface area contributed by atoms with E-state index in [9.17, 15) is 4.79 Å². The first kappa shape index (κ1) is 12.6. The molecule has 0 bridgehead atoms. The number of aromatic nitrogens is 4. The topological polar surface area (TPSA) is 76.4 Å². The zero-order valence-electron chi connectivity index (χ0n) is 11.5. The molecule has 8 nitrogen and oxygen atoms in total. The summed E-state index contributed by atoms with van der Waals surface area (Å²) in [6.45, 7) is 2.68. The largest absolute Gasteiger partial charge is 0.453 e. The Morgan fingerprint density at radius 1 is 1.25 bits per heavy atom. The molecule has 1 aliphatic heterocycles. The lowest BCUT2D eigenvalue weighted by Crippen LogP contribution is -2.49. The number of carbonyl (C=O) groups excluding carboxylic acids is 1. The Hall–Kier alpha value is -2.38. The van der Waals surface area contributed by atoms with Crippen molar-refractivity contribution in [2.45, 2.75) is 0 Å². The molecular formula is C12H16N6O2. The van der Waals surface area contributed by atoms with Crippen molar-refractivity contribution in [1.29, 1.82) is 0 Å². The summed E-state index contributed by atoms with van der Waals surface area (Å²) in [6.07, 6.45) is 3.04. The molecule has 0 aromatic carbocycles. The Morgan fingerprint density at radius 3 is 2.70 bits per heavy atom. The summed E-state index contributed by atoms with van der Waals surface area (Å²) in [6, 6.07) is 0. The number of nitrogens with zero attached hydrogens (tertiary/aromatic N) is 6. The Labute approximate surface area is 116 Å². The van der Waals surface area contributed by atoms with Gasteiger partial charge in [0.05, 0.1) is 18.7 Å². The van der Waals surface area contributed by atoms with Crippen molar-refractivity contribution in [3.05, 3.63) is 12.5 Å². The normalized spacial score (nSPS) is 15.7. The van der Waals surface area contributed by atoms with Crippen LogP contribution in [0.2, 0.25) is 0 Å². The highest BCUT2D eigenvalue weighted by molar-refractivity contribution is 5.86. The van der Waals surface area contributed by atoms with Gasteiger partial charge in [0.15, 0.2) is 5.65 Å². The number of hydrogen-bond donors (Lipinski definition) is 0. The van der Waals surface area contributed by atoms with Crippen molar-refractivity contribution < 1.29 is 9.53 Å². The van der Waals surface area contributed by atoms with Gasteiger partial charge in [0.1, 0.15) is 12.1 Å². The maximum atomic E-state index is 11.5. The summed E-state index contributed by atoms with van der Waals surface area (Å²) in [5.74, 6) is 0.868. The number of hydrogen-bond acceptors (Lipinski definition) is 6. The van der Waals surface area contributed by atoms with Crippen LogP contribution < -0.4 is 4.90 Å². The van der Waals surface area contributed by atoms with Crippen LogP contribution >= 0.6 is 0 Å².